The van der Waals surface area contributed by atoms with Crippen molar-refractivity contribution in [2.75, 3.05) is 25.9 Å². The molecular weight excluding hydrogens is 251 g/mol. The molecule has 0 saturated heterocycles. The lowest BCUT2D eigenvalue weighted by Gasteiger charge is -2.17. The molecule has 0 heterocycles. The van der Waals surface area contributed by atoms with Gasteiger partial charge in [0.15, 0.2) is 0 Å². The van der Waals surface area contributed by atoms with Crippen LogP contribution in [0.1, 0.15) is 23.7 Å². The number of nitrogen functional groups attached to an aromatic ring is 1. The monoisotopic (exact) mass is 268 g/mol. The molecule has 1 rings (SSSR count). The van der Waals surface area contributed by atoms with Crippen molar-refractivity contribution in [3.8, 4) is 0 Å². The number of benzene rings is 1. The Morgan fingerprint density at radius 1 is 1.42 bits per heavy atom. The van der Waals surface area contributed by atoms with Crippen LogP contribution < -0.4 is 5.73 Å². The van der Waals surface area contributed by atoms with Crippen LogP contribution >= 0.6 is 0 Å². The van der Waals surface area contributed by atoms with Crippen molar-refractivity contribution < 1.29 is 18.7 Å². The van der Waals surface area contributed by atoms with Crippen LogP contribution in [0.2, 0.25) is 0 Å². The number of carbonyl (C=O) groups is 2. The third-order valence-corrected chi connectivity index (χ3v) is 2.53. The molecule has 0 fully saturated rings. The first-order chi connectivity index (χ1) is 8.95. The van der Waals surface area contributed by atoms with Crippen LogP contribution in [0.25, 0.3) is 0 Å². The third kappa shape index (κ3) is 4.24. The Kier molecular flexibility index (Phi) is 5.29. The summed E-state index contributed by atoms with van der Waals surface area (Å²) in [6.07, 6.45) is 0.0761. The maximum atomic E-state index is 13.6. The molecule has 6 heteroatoms. The Bertz CT molecular complexity index is 477. The van der Waals surface area contributed by atoms with E-state index < -0.39 is 11.7 Å². The number of halogens is 1. The number of nitrogens with zero attached hydrogens (tertiary/aromatic N) is 1. The summed E-state index contributed by atoms with van der Waals surface area (Å²) in [7, 11) is 1.50. The largest absolute Gasteiger partial charge is 0.466 e. The van der Waals surface area contributed by atoms with Crippen LogP contribution in [-0.2, 0) is 9.53 Å². The Morgan fingerprint density at radius 3 is 2.68 bits per heavy atom. The van der Waals surface area contributed by atoms with E-state index in [4.69, 9.17) is 10.5 Å². The molecule has 0 bridgehead atoms. The molecule has 1 amide bonds. The molecule has 19 heavy (non-hydrogen) atoms. The van der Waals surface area contributed by atoms with Crippen molar-refractivity contribution in [1.29, 1.82) is 0 Å². The summed E-state index contributed by atoms with van der Waals surface area (Å²) in [5.41, 5.74) is 5.59. The highest BCUT2D eigenvalue weighted by molar-refractivity contribution is 5.94. The molecule has 0 aliphatic rings. The SMILES string of the molecule is CCOC(=O)CCN(C)C(=O)c1ccc(N)cc1F. The minimum Gasteiger partial charge on any atom is -0.466 e. The summed E-state index contributed by atoms with van der Waals surface area (Å²) in [5.74, 6) is -1.56. The minimum absolute atomic E-state index is 0.0689. The van der Waals surface area contributed by atoms with Crippen LogP contribution in [0.3, 0.4) is 0 Å². The molecule has 0 saturated carbocycles. The van der Waals surface area contributed by atoms with E-state index in [1.807, 2.05) is 0 Å². The lowest BCUT2D eigenvalue weighted by atomic mass is 10.1. The molecule has 1 aromatic carbocycles. The molecule has 0 atom stereocenters. The van der Waals surface area contributed by atoms with Gasteiger partial charge in [0, 0.05) is 19.3 Å². The van der Waals surface area contributed by atoms with Gasteiger partial charge in [-0.05, 0) is 25.1 Å². The molecule has 5 nitrogen and oxygen atoms in total. The van der Waals surface area contributed by atoms with Crippen LogP contribution in [-0.4, -0.2) is 37.0 Å². The lowest BCUT2D eigenvalue weighted by molar-refractivity contribution is -0.143. The fourth-order valence-corrected chi connectivity index (χ4v) is 1.50. The predicted octanol–water partition coefficient (Wildman–Crippen LogP) is 1.43. The zero-order chi connectivity index (χ0) is 14.4. The van der Waals surface area contributed by atoms with Crippen molar-refractivity contribution >= 4 is 17.6 Å². The smallest absolute Gasteiger partial charge is 0.307 e. The normalized spacial score (nSPS) is 10.1. The van der Waals surface area contributed by atoms with Gasteiger partial charge >= 0.3 is 5.97 Å². The highest BCUT2D eigenvalue weighted by atomic mass is 19.1. The van der Waals surface area contributed by atoms with Gasteiger partial charge in [-0.1, -0.05) is 0 Å². The number of carbonyl (C=O) groups excluding carboxylic acids is 2. The van der Waals surface area contributed by atoms with Gasteiger partial charge < -0.3 is 15.4 Å². The van der Waals surface area contributed by atoms with Gasteiger partial charge in [0.05, 0.1) is 18.6 Å². The molecule has 0 aliphatic carbocycles. The van der Waals surface area contributed by atoms with E-state index in [0.717, 1.165) is 6.07 Å². The number of hydrogen-bond donors (Lipinski definition) is 1. The van der Waals surface area contributed by atoms with Gasteiger partial charge in [0.2, 0.25) is 0 Å². The molecule has 104 valence electrons. The van der Waals surface area contributed by atoms with E-state index in [-0.39, 0.29) is 30.2 Å². The summed E-state index contributed by atoms with van der Waals surface area (Å²) in [6, 6.07) is 3.87. The summed E-state index contributed by atoms with van der Waals surface area (Å²) in [5, 5.41) is 0. The number of amides is 1. The van der Waals surface area contributed by atoms with E-state index >= 15 is 0 Å². The number of ether oxygens (including phenoxy) is 1. The topological polar surface area (TPSA) is 72.6 Å². The Balaban J connectivity index is 2.64. The maximum absolute atomic E-state index is 13.6. The number of hydrogen-bond acceptors (Lipinski definition) is 4. The molecule has 0 spiro atoms. The van der Waals surface area contributed by atoms with Crippen LogP contribution in [0.5, 0.6) is 0 Å². The first-order valence-corrected chi connectivity index (χ1v) is 5.91. The lowest BCUT2D eigenvalue weighted by Crippen LogP contribution is -2.30. The first-order valence-electron chi connectivity index (χ1n) is 5.91. The fraction of sp³-hybridized carbons (Fsp3) is 0.385. The Labute approximate surface area is 111 Å². The van der Waals surface area contributed by atoms with Gasteiger partial charge in [-0.3, -0.25) is 9.59 Å². The van der Waals surface area contributed by atoms with Crippen molar-refractivity contribution in [3.05, 3.63) is 29.6 Å². The Hall–Kier alpha value is -2.11. The first kappa shape index (κ1) is 14.9. The minimum atomic E-state index is -0.673. The number of nitrogens with two attached hydrogens (primary N) is 1. The third-order valence-electron chi connectivity index (χ3n) is 2.53. The fourth-order valence-electron chi connectivity index (χ4n) is 1.50. The second-order valence-electron chi connectivity index (χ2n) is 4.02. The number of esters is 1. The van der Waals surface area contributed by atoms with Gasteiger partial charge in [-0.2, -0.15) is 0 Å². The van der Waals surface area contributed by atoms with E-state index in [1.165, 1.54) is 24.1 Å². The number of anilines is 1. The zero-order valence-electron chi connectivity index (χ0n) is 11.0. The predicted molar refractivity (Wildman–Crippen MR) is 69.0 cm³/mol. The molecule has 0 aromatic heterocycles. The van der Waals surface area contributed by atoms with Crippen LogP contribution in [0, 0.1) is 5.82 Å². The van der Waals surface area contributed by atoms with Crippen LogP contribution in [0.15, 0.2) is 18.2 Å². The van der Waals surface area contributed by atoms with E-state index in [1.54, 1.807) is 6.92 Å². The quantitative estimate of drug-likeness (QED) is 0.647. The van der Waals surface area contributed by atoms with E-state index in [0.29, 0.717) is 6.61 Å². The average molecular weight is 268 g/mol. The van der Waals surface area contributed by atoms with Crippen molar-refractivity contribution in [1.82, 2.24) is 4.90 Å². The average Bonchev–Trinajstić information content (AvgIpc) is 2.35. The molecule has 2 N–H and O–H groups in total. The molecule has 0 radical (unpaired) electrons. The zero-order valence-corrected chi connectivity index (χ0v) is 11.0. The maximum Gasteiger partial charge on any atom is 0.307 e. The highest BCUT2D eigenvalue weighted by Gasteiger charge is 2.17. The van der Waals surface area contributed by atoms with Gasteiger partial charge in [-0.25, -0.2) is 4.39 Å². The van der Waals surface area contributed by atoms with Crippen molar-refractivity contribution in [2.45, 2.75) is 13.3 Å². The summed E-state index contributed by atoms with van der Waals surface area (Å²) < 4.78 is 18.3. The molecule has 0 unspecified atom stereocenters. The van der Waals surface area contributed by atoms with Crippen LogP contribution in [0.4, 0.5) is 10.1 Å². The van der Waals surface area contributed by atoms with Crippen molar-refractivity contribution in [3.63, 3.8) is 0 Å². The second-order valence-corrected chi connectivity index (χ2v) is 4.02. The standard InChI is InChI=1S/C13H17FN2O3/c1-3-19-12(17)6-7-16(2)13(18)10-5-4-9(15)8-11(10)14/h4-5,8H,3,6-7,15H2,1-2H3. The van der Waals surface area contributed by atoms with Gasteiger partial charge in [0.25, 0.3) is 5.91 Å². The van der Waals surface area contributed by atoms with Crippen molar-refractivity contribution in [2.24, 2.45) is 0 Å². The summed E-state index contributed by atoms with van der Waals surface area (Å²) >= 11 is 0. The Morgan fingerprint density at radius 2 is 2.11 bits per heavy atom. The molecular formula is C13H17FN2O3. The second kappa shape index (κ2) is 6.72. The van der Waals surface area contributed by atoms with E-state index in [2.05, 4.69) is 0 Å². The molecule has 0 aliphatic heterocycles. The highest BCUT2D eigenvalue weighted by Crippen LogP contribution is 2.13. The van der Waals surface area contributed by atoms with Gasteiger partial charge in [0.1, 0.15) is 5.82 Å². The molecule has 1 aromatic rings. The summed E-state index contributed by atoms with van der Waals surface area (Å²) in [4.78, 5) is 24.4. The van der Waals surface area contributed by atoms with E-state index in [9.17, 15) is 14.0 Å². The summed E-state index contributed by atoms with van der Waals surface area (Å²) in [6.45, 7) is 2.17. The van der Waals surface area contributed by atoms with Gasteiger partial charge in [-0.15, -0.1) is 0 Å². The number of rotatable bonds is 5.